The molecule has 0 saturated heterocycles. The van der Waals surface area contributed by atoms with E-state index in [1.165, 1.54) is 0 Å². The van der Waals surface area contributed by atoms with Crippen molar-refractivity contribution >= 4 is 0 Å². The first-order valence-corrected chi connectivity index (χ1v) is 3.79. The van der Waals surface area contributed by atoms with Gasteiger partial charge in [0.25, 0.3) is 5.56 Å². The molecule has 60 valence electrons. The van der Waals surface area contributed by atoms with Gasteiger partial charge in [0.1, 0.15) is 0 Å². The molecule has 1 N–H and O–H groups in total. The molecule has 0 fully saturated rings. The van der Waals surface area contributed by atoms with Crippen molar-refractivity contribution in [3.63, 3.8) is 0 Å². The number of H-pyrrole nitrogens is 1. The summed E-state index contributed by atoms with van der Waals surface area (Å²) in [5, 5.41) is 6.25. The third-order valence-corrected chi connectivity index (χ3v) is 1.62. The highest BCUT2D eigenvalue weighted by Crippen LogP contribution is 2.02. The van der Waals surface area contributed by atoms with E-state index in [2.05, 4.69) is 17.1 Å². The Morgan fingerprint density at radius 2 is 2.36 bits per heavy atom. The highest BCUT2D eigenvalue weighted by Gasteiger charge is 1.97. The summed E-state index contributed by atoms with van der Waals surface area (Å²) in [6.45, 7) is 3.99. The summed E-state index contributed by atoms with van der Waals surface area (Å²) in [5.41, 5.74) is 1.86. The molecule has 0 aromatic carbocycles. The number of hydrogen-bond donors (Lipinski definition) is 1. The van der Waals surface area contributed by atoms with Crippen molar-refractivity contribution in [1.82, 2.24) is 10.2 Å². The highest BCUT2D eigenvalue weighted by molar-refractivity contribution is 5.15. The fourth-order valence-corrected chi connectivity index (χ4v) is 1.03. The molecular weight excluding hydrogens is 140 g/mol. The first-order chi connectivity index (χ1) is 5.24. The SMILES string of the molecule is CCCc1cc(=O)[nH]nc1C. The first kappa shape index (κ1) is 7.98. The second kappa shape index (κ2) is 3.32. The zero-order valence-electron chi connectivity index (χ0n) is 6.85. The Kier molecular flexibility index (Phi) is 2.41. The number of rotatable bonds is 2. The Morgan fingerprint density at radius 3 is 3.00 bits per heavy atom. The largest absolute Gasteiger partial charge is 0.268 e. The first-order valence-electron chi connectivity index (χ1n) is 3.79. The third-order valence-electron chi connectivity index (χ3n) is 1.62. The minimum Gasteiger partial charge on any atom is -0.268 e. The summed E-state index contributed by atoms with van der Waals surface area (Å²) in [5.74, 6) is 0. The summed E-state index contributed by atoms with van der Waals surface area (Å²) in [6.07, 6.45) is 1.98. The molecule has 0 saturated carbocycles. The van der Waals surface area contributed by atoms with Crippen LogP contribution in [0.25, 0.3) is 0 Å². The molecule has 1 rings (SSSR count). The van der Waals surface area contributed by atoms with Gasteiger partial charge in [0.15, 0.2) is 0 Å². The van der Waals surface area contributed by atoms with Crippen LogP contribution < -0.4 is 5.56 Å². The zero-order valence-corrected chi connectivity index (χ0v) is 6.85. The molecule has 3 nitrogen and oxygen atoms in total. The van der Waals surface area contributed by atoms with Crippen LogP contribution in [0.1, 0.15) is 24.6 Å². The van der Waals surface area contributed by atoms with Crippen molar-refractivity contribution in [2.75, 3.05) is 0 Å². The lowest BCUT2D eigenvalue weighted by Gasteiger charge is -1.99. The van der Waals surface area contributed by atoms with Crippen molar-refractivity contribution < 1.29 is 0 Å². The Morgan fingerprint density at radius 1 is 1.64 bits per heavy atom. The molecular formula is C8H12N2O. The fraction of sp³-hybridized carbons (Fsp3) is 0.500. The van der Waals surface area contributed by atoms with Crippen LogP contribution in [0.3, 0.4) is 0 Å². The number of aryl methyl sites for hydroxylation is 2. The molecule has 0 aliphatic heterocycles. The molecule has 3 heteroatoms. The van der Waals surface area contributed by atoms with Crippen LogP contribution in [-0.4, -0.2) is 10.2 Å². The van der Waals surface area contributed by atoms with Gasteiger partial charge in [-0.25, -0.2) is 5.10 Å². The summed E-state index contributed by atoms with van der Waals surface area (Å²) in [4.78, 5) is 10.8. The Hall–Kier alpha value is -1.12. The van der Waals surface area contributed by atoms with Gasteiger partial charge in [-0.3, -0.25) is 4.79 Å². The quantitative estimate of drug-likeness (QED) is 0.688. The van der Waals surface area contributed by atoms with Crippen LogP contribution in [0.2, 0.25) is 0 Å². The van der Waals surface area contributed by atoms with Gasteiger partial charge in [0, 0.05) is 6.07 Å². The minimum atomic E-state index is -0.112. The molecule has 0 amide bonds. The lowest BCUT2D eigenvalue weighted by Crippen LogP contribution is -2.10. The Balaban J connectivity index is 3.02. The molecule has 1 aromatic heterocycles. The van der Waals surface area contributed by atoms with Crippen molar-refractivity contribution in [2.24, 2.45) is 0 Å². The molecule has 0 atom stereocenters. The summed E-state index contributed by atoms with van der Waals surface area (Å²) >= 11 is 0. The van der Waals surface area contributed by atoms with E-state index in [9.17, 15) is 4.79 Å². The van der Waals surface area contributed by atoms with Gasteiger partial charge in [0.05, 0.1) is 5.69 Å². The van der Waals surface area contributed by atoms with Gasteiger partial charge in [-0.05, 0) is 18.9 Å². The summed E-state index contributed by atoms with van der Waals surface area (Å²) in [7, 11) is 0. The maximum absolute atomic E-state index is 10.8. The zero-order chi connectivity index (χ0) is 8.27. The van der Waals surface area contributed by atoms with Gasteiger partial charge in [-0.15, -0.1) is 0 Å². The van der Waals surface area contributed by atoms with E-state index < -0.39 is 0 Å². The smallest absolute Gasteiger partial charge is 0.264 e. The average Bonchev–Trinajstić information content (AvgIpc) is 1.98. The molecule has 0 aliphatic carbocycles. The normalized spacial score (nSPS) is 10.0. The van der Waals surface area contributed by atoms with Crippen LogP contribution in [0, 0.1) is 6.92 Å². The predicted molar refractivity (Wildman–Crippen MR) is 43.6 cm³/mol. The van der Waals surface area contributed by atoms with Gasteiger partial charge in [0.2, 0.25) is 0 Å². The van der Waals surface area contributed by atoms with E-state index in [0.29, 0.717) is 0 Å². The standard InChI is InChI=1S/C8H12N2O/c1-3-4-7-5-8(11)10-9-6(7)2/h5H,3-4H2,1-2H3,(H,10,11). The maximum Gasteiger partial charge on any atom is 0.264 e. The van der Waals surface area contributed by atoms with Crippen LogP contribution in [0.5, 0.6) is 0 Å². The molecule has 0 unspecified atom stereocenters. The molecule has 0 aliphatic rings. The van der Waals surface area contributed by atoms with Crippen LogP contribution in [0.15, 0.2) is 10.9 Å². The van der Waals surface area contributed by atoms with Gasteiger partial charge in [-0.2, -0.15) is 5.10 Å². The number of hydrogen-bond acceptors (Lipinski definition) is 2. The highest BCUT2D eigenvalue weighted by atomic mass is 16.1. The molecule has 0 spiro atoms. The maximum atomic E-state index is 10.8. The lowest BCUT2D eigenvalue weighted by atomic mass is 10.1. The van der Waals surface area contributed by atoms with E-state index in [0.717, 1.165) is 24.1 Å². The van der Waals surface area contributed by atoms with Crippen molar-refractivity contribution in [2.45, 2.75) is 26.7 Å². The lowest BCUT2D eigenvalue weighted by molar-refractivity contribution is 0.853. The van der Waals surface area contributed by atoms with Gasteiger partial charge >= 0.3 is 0 Å². The third kappa shape index (κ3) is 1.90. The molecule has 0 bridgehead atoms. The van der Waals surface area contributed by atoms with E-state index >= 15 is 0 Å². The Bertz CT molecular complexity index is 290. The molecule has 1 aromatic rings. The number of aromatic nitrogens is 2. The Labute approximate surface area is 65.5 Å². The van der Waals surface area contributed by atoms with E-state index in [4.69, 9.17) is 0 Å². The molecule has 0 radical (unpaired) electrons. The topological polar surface area (TPSA) is 45.8 Å². The van der Waals surface area contributed by atoms with Crippen molar-refractivity contribution in [1.29, 1.82) is 0 Å². The van der Waals surface area contributed by atoms with Gasteiger partial charge < -0.3 is 0 Å². The van der Waals surface area contributed by atoms with E-state index in [-0.39, 0.29) is 5.56 Å². The number of nitrogens with one attached hydrogen (secondary N) is 1. The van der Waals surface area contributed by atoms with Gasteiger partial charge in [-0.1, -0.05) is 13.3 Å². The van der Waals surface area contributed by atoms with Crippen LogP contribution >= 0.6 is 0 Å². The fourth-order valence-electron chi connectivity index (χ4n) is 1.03. The predicted octanol–water partition coefficient (Wildman–Crippen LogP) is 1.03. The molecule has 11 heavy (non-hydrogen) atoms. The minimum absolute atomic E-state index is 0.112. The van der Waals surface area contributed by atoms with Crippen molar-refractivity contribution in [3.8, 4) is 0 Å². The molecule has 1 heterocycles. The number of nitrogens with zero attached hydrogens (tertiary/aromatic N) is 1. The number of aromatic amines is 1. The second-order valence-corrected chi connectivity index (χ2v) is 2.59. The second-order valence-electron chi connectivity index (χ2n) is 2.59. The summed E-state index contributed by atoms with van der Waals surface area (Å²) < 4.78 is 0. The average molecular weight is 152 g/mol. The van der Waals surface area contributed by atoms with Crippen LogP contribution in [-0.2, 0) is 6.42 Å². The summed E-state index contributed by atoms with van der Waals surface area (Å²) in [6, 6.07) is 1.62. The van der Waals surface area contributed by atoms with Crippen molar-refractivity contribution in [3.05, 3.63) is 27.7 Å². The monoisotopic (exact) mass is 152 g/mol. The van der Waals surface area contributed by atoms with Crippen LogP contribution in [0.4, 0.5) is 0 Å². The van der Waals surface area contributed by atoms with E-state index in [1.54, 1.807) is 6.07 Å². The van der Waals surface area contributed by atoms with E-state index in [1.807, 2.05) is 6.92 Å².